The molecule has 0 bridgehead atoms. The zero-order chi connectivity index (χ0) is 11.9. The van der Waals surface area contributed by atoms with Crippen LogP contribution in [0.4, 0.5) is 0 Å². The molecular weight excluding hydrogens is 218 g/mol. The van der Waals surface area contributed by atoms with Crippen molar-refractivity contribution in [3.8, 4) is 5.75 Å². The monoisotopic (exact) mass is 233 g/mol. The van der Waals surface area contributed by atoms with Crippen molar-refractivity contribution in [3.63, 3.8) is 0 Å². The number of fused-ring (bicyclic) bond motifs is 1. The molecule has 0 amide bonds. The van der Waals surface area contributed by atoms with Gasteiger partial charge in [-0.25, -0.2) is 4.98 Å². The molecule has 0 N–H and O–H groups in total. The maximum absolute atomic E-state index is 5.78. The minimum atomic E-state index is -0.385. The fraction of sp³-hybridized carbons (Fsp3) is 0.462. The van der Waals surface area contributed by atoms with Gasteiger partial charge in [-0.1, -0.05) is 6.07 Å². The number of methoxy groups -OCH3 is 1. The number of benzene rings is 1. The topological polar surface area (TPSA) is 44.5 Å². The first kappa shape index (κ1) is 10.6. The lowest BCUT2D eigenvalue weighted by atomic mass is 10.0. The first-order valence-corrected chi connectivity index (χ1v) is 5.81. The molecule has 1 aliphatic rings. The largest absolute Gasteiger partial charge is 0.494 e. The number of hydrogen-bond donors (Lipinski definition) is 0. The second kappa shape index (κ2) is 3.74. The minimum absolute atomic E-state index is 0.385. The first-order chi connectivity index (χ1) is 8.23. The molecule has 90 valence electrons. The highest BCUT2D eigenvalue weighted by atomic mass is 16.5. The van der Waals surface area contributed by atoms with Crippen molar-refractivity contribution in [1.82, 2.24) is 4.98 Å². The van der Waals surface area contributed by atoms with Crippen LogP contribution in [0.3, 0.4) is 0 Å². The molecule has 1 unspecified atom stereocenters. The highest BCUT2D eigenvalue weighted by molar-refractivity contribution is 5.79. The third-order valence-electron chi connectivity index (χ3n) is 3.27. The molecule has 4 heteroatoms. The molecule has 17 heavy (non-hydrogen) atoms. The molecule has 0 radical (unpaired) electrons. The van der Waals surface area contributed by atoms with Crippen LogP contribution in [0.5, 0.6) is 5.75 Å². The molecule has 0 spiro atoms. The Morgan fingerprint density at radius 2 is 2.29 bits per heavy atom. The molecule has 2 heterocycles. The minimum Gasteiger partial charge on any atom is -0.494 e. The Balaban J connectivity index is 2.13. The van der Waals surface area contributed by atoms with Crippen LogP contribution < -0.4 is 4.74 Å². The fourth-order valence-electron chi connectivity index (χ4n) is 2.26. The Kier molecular flexibility index (Phi) is 2.33. The molecule has 1 saturated heterocycles. The van der Waals surface area contributed by atoms with E-state index in [1.807, 2.05) is 25.1 Å². The van der Waals surface area contributed by atoms with Gasteiger partial charge >= 0.3 is 0 Å². The molecule has 0 saturated carbocycles. The SMILES string of the molecule is COc1cccc2oc(C3(C)CCCO3)nc12. The van der Waals surface area contributed by atoms with Crippen LogP contribution in [0.25, 0.3) is 11.1 Å². The molecule has 2 aromatic rings. The van der Waals surface area contributed by atoms with E-state index in [2.05, 4.69) is 4.98 Å². The Labute approximate surface area is 99.5 Å². The lowest BCUT2D eigenvalue weighted by Crippen LogP contribution is -2.20. The summed E-state index contributed by atoms with van der Waals surface area (Å²) in [6.45, 7) is 2.80. The fourth-order valence-corrected chi connectivity index (χ4v) is 2.26. The number of rotatable bonds is 2. The molecule has 4 nitrogen and oxygen atoms in total. The van der Waals surface area contributed by atoms with E-state index in [4.69, 9.17) is 13.9 Å². The summed E-state index contributed by atoms with van der Waals surface area (Å²) in [5.74, 6) is 1.38. The van der Waals surface area contributed by atoms with Gasteiger partial charge in [0, 0.05) is 6.61 Å². The number of hydrogen-bond acceptors (Lipinski definition) is 4. The predicted molar refractivity (Wildman–Crippen MR) is 63.1 cm³/mol. The van der Waals surface area contributed by atoms with Crippen molar-refractivity contribution in [2.45, 2.75) is 25.4 Å². The van der Waals surface area contributed by atoms with Crippen LogP contribution in [0.15, 0.2) is 22.6 Å². The van der Waals surface area contributed by atoms with Crippen molar-refractivity contribution in [2.75, 3.05) is 13.7 Å². The van der Waals surface area contributed by atoms with E-state index in [-0.39, 0.29) is 5.60 Å². The molecule has 1 atom stereocenters. The summed E-state index contributed by atoms with van der Waals surface area (Å²) in [6, 6.07) is 5.67. The summed E-state index contributed by atoms with van der Waals surface area (Å²) in [7, 11) is 1.64. The van der Waals surface area contributed by atoms with Crippen LogP contribution in [-0.4, -0.2) is 18.7 Å². The zero-order valence-corrected chi connectivity index (χ0v) is 10.0. The summed E-state index contributed by atoms with van der Waals surface area (Å²) in [6.07, 6.45) is 1.99. The van der Waals surface area contributed by atoms with Crippen LogP contribution in [0.2, 0.25) is 0 Å². The molecule has 1 aromatic carbocycles. The van der Waals surface area contributed by atoms with Gasteiger partial charge in [-0.15, -0.1) is 0 Å². The van der Waals surface area contributed by atoms with Crippen LogP contribution >= 0.6 is 0 Å². The Morgan fingerprint density at radius 3 is 3.00 bits per heavy atom. The smallest absolute Gasteiger partial charge is 0.227 e. The van der Waals surface area contributed by atoms with Gasteiger partial charge in [0.1, 0.15) is 11.4 Å². The van der Waals surface area contributed by atoms with E-state index in [0.717, 1.165) is 36.3 Å². The van der Waals surface area contributed by atoms with Crippen molar-refractivity contribution in [2.24, 2.45) is 0 Å². The van der Waals surface area contributed by atoms with Gasteiger partial charge in [0.05, 0.1) is 7.11 Å². The normalized spacial score (nSPS) is 24.4. The lowest BCUT2D eigenvalue weighted by molar-refractivity contribution is -0.00410. The van der Waals surface area contributed by atoms with Gasteiger partial charge in [0.2, 0.25) is 5.89 Å². The maximum atomic E-state index is 5.78. The van der Waals surface area contributed by atoms with E-state index in [1.165, 1.54) is 0 Å². The maximum Gasteiger partial charge on any atom is 0.227 e. The number of ether oxygens (including phenoxy) is 2. The molecule has 1 aliphatic heterocycles. The van der Waals surface area contributed by atoms with Gasteiger partial charge in [-0.3, -0.25) is 0 Å². The lowest BCUT2D eigenvalue weighted by Gasteiger charge is -2.17. The number of oxazole rings is 1. The third-order valence-corrected chi connectivity index (χ3v) is 3.27. The Bertz CT molecular complexity index is 541. The number of para-hydroxylation sites is 1. The van der Waals surface area contributed by atoms with E-state index < -0.39 is 0 Å². The molecule has 3 rings (SSSR count). The molecular formula is C13H15NO3. The Hall–Kier alpha value is -1.55. The van der Waals surface area contributed by atoms with Crippen LogP contribution in [0, 0.1) is 0 Å². The van der Waals surface area contributed by atoms with Gasteiger partial charge in [-0.05, 0) is 31.9 Å². The quantitative estimate of drug-likeness (QED) is 0.800. The van der Waals surface area contributed by atoms with Gasteiger partial charge in [0.15, 0.2) is 11.1 Å². The van der Waals surface area contributed by atoms with E-state index >= 15 is 0 Å². The van der Waals surface area contributed by atoms with Crippen LogP contribution in [0.1, 0.15) is 25.7 Å². The Morgan fingerprint density at radius 1 is 1.41 bits per heavy atom. The van der Waals surface area contributed by atoms with Gasteiger partial charge in [0.25, 0.3) is 0 Å². The highest BCUT2D eigenvalue weighted by Gasteiger charge is 2.37. The summed E-state index contributed by atoms with van der Waals surface area (Å²) < 4.78 is 16.8. The van der Waals surface area contributed by atoms with Crippen LogP contribution in [-0.2, 0) is 10.3 Å². The van der Waals surface area contributed by atoms with Crippen molar-refractivity contribution >= 4 is 11.1 Å². The summed E-state index contributed by atoms with van der Waals surface area (Å²) in [5.41, 5.74) is 1.13. The summed E-state index contributed by atoms with van der Waals surface area (Å²) in [5, 5.41) is 0. The second-order valence-corrected chi connectivity index (χ2v) is 4.51. The van der Waals surface area contributed by atoms with Crippen molar-refractivity contribution in [3.05, 3.63) is 24.1 Å². The summed E-state index contributed by atoms with van der Waals surface area (Å²) in [4.78, 5) is 4.52. The van der Waals surface area contributed by atoms with E-state index in [1.54, 1.807) is 7.11 Å². The highest BCUT2D eigenvalue weighted by Crippen LogP contribution is 2.37. The summed E-state index contributed by atoms with van der Waals surface area (Å²) >= 11 is 0. The second-order valence-electron chi connectivity index (χ2n) is 4.51. The average Bonchev–Trinajstić information content (AvgIpc) is 2.95. The van der Waals surface area contributed by atoms with Gasteiger partial charge < -0.3 is 13.9 Å². The molecule has 1 aromatic heterocycles. The van der Waals surface area contributed by atoms with Crippen molar-refractivity contribution < 1.29 is 13.9 Å². The standard InChI is InChI=1S/C13H15NO3/c1-13(7-4-8-16-13)12-14-11-9(15-2)5-3-6-10(11)17-12/h3,5-6H,4,7-8H2,1-2H3. The third kappa shape index (κ3) is 1.60. The van der Waals surface area contributed by atoms with Crippen molar-refractivity contribution in [1.29, 1.82) is 0 Å². The zero-order valence-electron chi connectivity index (χ0n) is 10.0. The average molecular weight is 233 g/mol. The first-order valence-electron chi connectivity index (χ1n) is 5.81. The number of nitrogens with zero attached hydrogens (tertiary/aromatic N) is 1. The molecule has 1 fully saturated rings. The van der Waals surface area contributed by atoms with E-state index in [9.17, 15) is 0 Å². The molecule has 0 aliphatic carbocycles. The van der Waals surface area contributed by atoms with Gasteiger partial charge in [-0.2, -0.15) is 0 Å². The number of aromatic nitrogens is 1. The predicted octanol–water partition coefficient (Wildman–Crippen LogP) is 2.86. The van der Waals surface area contributed by atoms with E-state index in [0.29, 0.717) is 5.89 Å².